The Morgan fingerprint density at radius 1 is 1.00 bits per heavy atom. The number of methoxy groups -OCH3 is 1. The van der Waals surface area contributed by atoms with Crippen LogP contribution >= 0.6 is 0 Å². The Kier molecular flexibility index (Phi) is 5.41. The molecule has 1 amide bonds. The third-order valence-corrected chi connectivity index (χ3v) is 4.41. The quantitative estimate of drug-likeness (QED) is 0.819. The molecule has 0 aromatic heterocycles. The lowest BCUT2D eigenvalue weighted by Gasteiger charge is -2.16. The lowest BCUT2D eigenvalue weighted by Crippen LogP contribution is -2.14. The highest BCUT2D eigenvalue weighted by Crippen LogP contribution is 2.32. The van der Waals surface area contributed by atoms with Gasteiger partial charge in [-0.15, -0.1) is 0 Å². The Bertz CT molecular complexity index is 794. The predicted octanol–water partition coefficient (Wildman–Crippen LogP) is 3.97. The molecule has 3 rings (SSSR count). The van der Waals surface area contributed by atoms with Gasteiger partial charge in [0, 0.05) is 11.3 Å². The van der Waals surface area contributed by atoms with E-state index >= 15 is 0 Å². The number of ether oxygens (including phenoxy) is 2. The molecule has 1 fully saturated rings. The summed E-state index contributed by atoms with van der Waals surface area (Å²) in [6.07, 6.45) is 4.63. The van der Waals surface area contributed by atoms with Gasteiger partial charge >= 0.3 is 5.97 Å². The van der Waals surface area contributed by atoms with Crippen LogP contribution in [0.2, 0.25) is 0 Å². The van der Waals surface area contributed by atoms with Crippen molar-refractivity contribution in [3.05, 3.63) is 53.6 Å². The Balaban J connectivity index is 1.71. The maximum Gasteiger partial charge on any atom is 0.335 e. The summed E-state index contributed by atoms with van der Waals surface area (Å²) in [5.41, 5.74) is 1.12. The van der Waals surface area contributed by atoms with Crippen LogP contribution in [-0.2, 0) is 0 Å². The lowest BCUT2D eigenvalue weighted by molar-refractivity contribution is 0.0696. The standard InChI is InChI=1S/C20H21NO5/c1-25-18-12-14(8-11-17(18)26-16-4-2-3-5-16)19(22)21-15-9-6-13(7-10-15)20(23)24/h6-12,16H,2-5H2,1H3,(H,21,22)(H,23,24). The van der Waals surface area contributed by atoms with E-state index in [-0.39, 0.29) is 17.6 Å². The zero-order valence-corrected chi connectivity index (χ0v) is 14.5. The summed E-state index contributed by atoms with van der Waals surface area (Å²) in [6, 6.07) is 11.1. The fraction of sp³-hybridized carbons (Fsp3) is 0.300. The van der Waals surface area contributed by atoms with Gasteiger partial charge in [-0.2, -0.15) is 0 Å². The number of carboxylic acid groups (broad SMARTS) is 1. The highest BCUT2D eigenvalue weighted by molar-refractivity contribution is 6.04. The summed E-state index contributed by atoms with van der Waals surface area (Å²) >= 11 is 0. The minimum Gasteiger partial charge on any atom is -0.493 e. The van der Waals surface area contributed by atoms with E-state index in [1.807, 2.05) is 0 Å². The van der Waals surface area contributed by atoms with Crippen molar-refractivity contribution < 1.29 is 24.2 Å². The SMILES string of the molecule is COc1cc(C(=O)Nc2ccc(C(=O)O)cc2)ccc1OC1CCCC1. The summed E-state index contributed by atoms with van der Waals surface area (Å²) in [6.45, 7) is 0. The molecule has 0 aliphatic heterocycles. The molecule has 0 atom stereocenters. The van der Waals surface area contributed by atoms with E-state index in [1.54, 1.807) is 37.4 Å². The Hall–Kier alpha value is -3.02. The molecule has 2 N–H and O–H groups in total. The van der Waals surface area contributed by atoms with E-state index in [1.165, 1.54) is 25.0 Å². The van der Waals surface area contributed by atoms with Crippen LogP contribution in [0.3, 0.4) is 0 Å². The van der Waals surface area contributed by atoms with Crippen LogP contribution in [0.15, 0.2) is 42.5 Å². The highest BCUT2D eigenvalue weighted by atomic mass is 16.5. The third-order valence-electron chi connectivity index (χ3n) is 4.41. The van der Waals surface area contributed by atoms with Crippen molar-refractivity contribution in [3.8, 4) is 11.5 Å². The number of rotatable bonds is 6. The smallest absolute Gasteiger partial charge is 0.335 e. The molecule has 0 saturated heterocycles. The topological polar surface area (TPSA) is 84.9 Å². The van der Waals surface area contributed by atoms with Crippen molar-refractivity contribution in [3.63, 3.8) is 0 Å². The number of carbonyl (C=O) groups excluding carboxylic acids is 1. The molecule has 0 radical (unpaired) electrons. The van der Waals surface area contributed by atoms with Gasteiger partial charge in [0.1, 0.15) is 0 Å². The number of anilines is 1. The molecule has 2 aromatic carbocycles. The fourth-order valence-electron chi connectivity index (χ4n) is 2.99. The second-order valence-corrected chi connectivity index (χ2v) is 6.23. The van der Waals surface area contributed by atoms with E-state index in [9.17, 15) is 9.59 Å². The largest absolute Gasteiger partial charge is 0.493 e. The van der Waals surface area contributed by atoms with Crippen LogP contribution < -0.4 is 14.8 Å². The molecule has 1 aliphatic carbocycles. The number of carbonyl (C=O) groups is 2. The molecule has 6 heteroatoms. The van der Waals surface area contributed by atoms with Crippen LogP contribution in [0.4, 0.5) is 5.69 Å². The van der Waals surface area contributed by atoms with Gasteiger partial charge in [0.2, 0.25) is 0 Å². The lowest BCUT2D eigenvalue weighted by atomic mass is 10.1. The number of carboxylic acids is 1. The maximum absolute atomic E-state index is 12.4. The summed E-state index contributed by atoms with van der Waals surface area (Å²) in [7, 11) is 1.54. The molecular formula is C20H21NO5. The average molecular weight is 355 g/mol. The Morgan fingerprint density at radius 3 is 2.27 bits per heavy atom. The highest BCUT2D eigenvalue weighted by Gasteiger charge is 2.19. The number of nitrogens with one attached hydrogen (secondary N) is 1. The fourth-order valence-corrected chi connectivity index (χ4v) is 2.99. The summed E-state index contributed by atoms with van der Waals surface area (Å²) in [5, 5.41) is 11.6. The van der Waals surface area contributed by atoms with Crippen LogP contribution in [0.25, 0.3) is 0 Å². The first kappa shape index (κ1) is 17.8. The summed E-state index contributed by atoms with van der Waals surface area (Å²) in [4.78, 5) is 23.3. The molecule has 1 aliphatic rings. The van der Waals surface area contributed by atoms with E-state index in [2.05, 4.69) is 5.32 Å². The van der Waals surface area contributed by atoms with Crippen LogP contribution in [0, 0.1) is 0 Å². The summed E-state index contributed by atoms with van der Waals surface area (Å²) in [5.74, 6) is -0.156. The van der Waals surface area contributed by atoms with E-state index in [0.717, 1.165) is 12.8 Å². The van der Waals surface area contributed by atoms with Crippen molar-refractivity contribution in [2.45, 2.75) is 31.8 Å². The average Bonchev–Trinajstić information content (AvgIpc) is 3.15. The molecule has 0 unspecified atom stereocenters. The minimum atomic E-state index is -1.01. The van der Waals surface area contributed by atoms with Gasteiger partial charge in [-0.25, -0.2) is 4.79 Å². The van der Waals surface area contributed by atoms with Gasteiger partial charge in [0.15, 0.2) is 11.5 Å². The molecule has 0 heterocycles. The normalized spacial score (nSPS) is 14.0. The van der Waals surface area contributed by atoms with E-state index in [0.29, 0.717) is 22.7 Å². The zero-order chi connectivity index (χ0) is 18.5. The third kappa shape index (κ3) is 4.14. The number of amides is 1. The van der Waals surface area contributed by atoms with Crippen molar-refractivity contribution >= 4 is 17.6 Å². The first-order valence-corrected chi connectivity index (χ1v) is 8.56. The van der Waals surface area contributed by atoms with Gasteiger partial charge in [-0.3, -0.25) is 4.79 Å². The first-order chi connectivity index (χ1) is 12.6. The summed E-state index contributed by atoms with van der Waals surface area (Å²) < 4.78 is 11.3. The van der Waals surface area contributed by atoms with Crippen LogP contribution in [0.5, 0.6) is 11.5 Å². The van der Waals surface area contributed by atoms with Crippen molar-refractivity contribution in [2.75, 3.05) is 12.4 Å². The van der Waals surface area contributed by atoms with Crippen LogP contribution in [0.1, 0.15) is 46.4 Å². The Labute approximate surface area is 151 Å². The number of hydrogen-bond acceptors (Lipinski definition) is 4. The zero-order valence-electron chi connectivity index (χ0n) is 14.5. The van der Waals surface area contributed by atoms with Crippen LogP contribution in [-0.4, -0.2) is 30.2 Å². The van der Waals surface area contributed by atoms with Gasteiger partial charge in [0.25, 0.3) is 5.91 Å². The molecular weight excluding hydrogens is 334 g/mol. The molecule has 2 aromatic rings. The van der Waals surface area contributed by atoms with E-state index in [4.69, 9.17) is 14.6 Å². The molecule has 0 spiro atoms. The monoisotopic (exact) mass is 355 g/mol. The second-order valence-electron chi connectivity index (χ2n) is 6.23. The molecule has 26 heavy (non-hydrogen) atoms. The van der Waals surface area contributed by atoms with Crippen molar-refractivity contribution in [1.29, 1.82) is 0 Å². The minimum absolute atomic E-state index is 0.165. The van der Waals surface area contributed by atoms with Gasteiger partial charge in [-0.05, 0) is 68.1 Å². The van der Waals surface area contributed by atoms with Gasteiger partial charge in [0.05, 0.1) is 18.8 Å². The Morgan fingerprint density at radius 2 is 1.65 bits per heavy atom. The molecule has 1 saturated carbocycles. The second kappa shape index (κ2) is 7.91. The molecule has 136 valence electrons. The van der Waals surface area contributed by atoms with Gasteiger partial charge < -0.3 is 19.9 Å². The van der Waals surface area contributed by atoms with Crippen molar-refractivity contribution in [2.24, 2.45) is 0 Å². The van der Waals surface area contributed by atoms with Crippen molar-refractivity contribution in [1.82, 2.24) is 0 Å². The van der Waals surface area contributed by atoms with Gasteiger partial charge in [-0.1, -0.05) is 0 Å². The molecule has 0 bridgehead atoms. The number of hydrogen-bond donors (Lipinski definition) is 2. The maximum atomic E-state index is 12.4. The first-order valence-electron chi connectivity index (χ1n) is 8.56. The van der Waals surface area contributed by atoms with E-state index < -0.39 is 5.97 Å². The number of aromatic carboxylic acids is 1. The predicted molar refractivity (Wildman–Crippen MR) is 97.2 cm³/mol. The number of benzene rings is 2. The molecule has 6 nitrogen and oxygen atoms in total.